The zero-order valence-electron chi connectivity index (χ0n) is 15.6. The van der Waals surface area contributed by atoms with Crippen LogP contribution in [0.3, 0.4) is 0 Å². The SMILES string of the molecule is Cc1c(C(=O)N2C[C@@H]3CNC[C@@H]3[C@H]2c2ccccc2)[nH]c2c(F)cccc12.Cl. The van der Waals surface area contributed by atoms with Gasteiger partial charge in [0, 0.05) is 30.9 Å². The average Bonchev–Trinajstić information content (AvgIpc) is 3.36. The normalized spacial score (nSPS) is 23.6. The van der Waals surface area contributed by atoms with Crippen molar-refractivity contribution in [3.05, 3.63) is 71.2 Å². The number of nitrogens with zero attached hydrogens (tertiary/aromatic N) is 1. The molecule has 4 nitrogen and oxygen atoms in total. The Hall–Kier alpha value is -2.37. The summed E-state index contributed by atoms with van der Waals surface area (Å²) in [6, 6.07) is 15.3. The van der Waals surface area contributed by atoms with E-state index in [1.54, 1.807) is 6.07 Å². The van der Waals surface area contributed by atoms with Gasteiger partial charge in [-0.25, -0.2) is 4.39 Å². The van der Waals surface area contributed by atoms with Crippen LogP contribution in [0.15, 0.2) is 48.5 Å². The summed E-state index contributed by atoms with van der Waals surface area (Å²) < 4.78 is 14.2. The third-order valence-corrected chi connectivity index (χ3v) is 6.22. The first-order chi connectivity index (χ1) is 13.1. The van der Waals surface area contributed by atoms with Gasteiger partial charge in [0.05, 0.1) is 11.6 Å². The van der Waals surface area contributed by atoms with Crippen molar-refractivity contribution < 1.29 is 9.18 Å². The van der Waals surface area contributed by atoms with Gasteiger partial charge in [-0.1, -0.05) is 42.5 Å². The molecule has 2 aromatic carbocycles. The Labute approximate surface area is 169 Å². The Balaban J connectivity index is 0.00000192. The first-order valence-electron chi connectivity index (χ1n) is 9.48. The van der Waals surface area contributed by atoms with Gasteiger partial charge in [-0.2, -0.15) is 0 Å². The fraction of sp³-hybridized carbons (Fsp3) is 0.318. The van der Waals surface area contributed by atoms with Gasteiger partial charge in [-0.05, 0) is 30.0 Å². The molecule has 146 valence electrons. The largest absolute Gasteiger partial charge is 0.348 e. The van der Waals surface area contributed by atoms with E-state index >= 15 is 0 Å². The van der Waals surface area contributed by atoms with Crippen LogP contribution in [0.1, 0.15) is 27.7 Å². The molecular formula is C22H23ClFN3O. The summed E-state index contributed by atoms with van der Waals surface area (Å²) in [7, 11) is 0. The van der Waals surface area contributed by atoms with Crippen molar-refractivity contribution in [2.45, 2.75) is 13.0 Å². The number of hydrogen-bond acceptors (Lipinski definition) is 2. The molecule has 2 N–H and O–H groups in total. The molecule has 2 fully saturated rings. The topological polar surface area (TPSA) is 48.1 Å². The van der Waals surface area contributed by atoms with E-state index in [-0.39, 0.29) is 30.2 Å². The molecule has 0 saturated carbocycles. The van der Waals surface area contributed by atoms with E-state index in [0.717, 1.165) is 30.6 Å². The predicted octanol–water partition coefficient (Wildman–Crippen LogP) is 4.07. The highest BCUT2D eigenvalue weighted by Crippen LogP contribution is 2.43. The number of fused-ring (bicyclic) bond motifs is 2. The van der Waals surface area contributed by atoms with Crippen molar-refractivity contribution in [1.82, 2.24) is 15.2 Å². The lowest BCUT2D eigenvalue weighted by atomic mass is 9.89. The Bertz CT molecular complexity index is 1020. The van der Waals surface area contributed by atoms with E-state index < -0.39 is 0 Å². The van der Waals surface area contributed by atoms with Crippen LogP contribution in [0.5, 0.6) is 0 Å². The number of amides is 1. The number of hydrogen-bond donors (Lipinski definition) is 2. The molecule has 2 saturated heterocycles. The van der Waals surface area contributed by atoms with Crippen LogP contribution in [-0.2, 0) is 0 Å². The second-order valence-electron chi connectivity index (χ2n) is 7.68. The maximum Gasteiger partial charge on any atom is 0.271 e. The van der Waals surface area contributed by atoms with Crippen molar-refractivity contribution in [3.8, 4) is 0 Å². The highest BCUT2D eigenvalue weighted by molar-refractivity contribution is 6.01. The summed E-state index contributed by atoms with van der Waals surface area (Å²) in [6.45, 7) is 4.49. The molecule has 0 unspecified atom stereocenters. The standard InChI is InChI=1S/C22H22FN3O.ClH/c1-13-16-8-5-9-18(23)20(16)25-19(13)22(27)26-12-15-10-24-11-17(15)21(26)14-6-3-2-4-7-14;/h2-9,15,17,21,24-25H,10-12H2,1H3;1H/t15-,17-,21+;/m0./s1. The van der Waals surface area contributed by atoms with E-state index in [1.165, 1.54) is 11.6 Å². The number of aromatic nitrogens is 1. The first kappa shape index (κ1) is 19.0. The van der Waals surface area contributed by atoms with Gasteiger partial charge in [0.25, 0.3) is 5.91 Å². The number of aromatic amines is 1. The minimum absolute atomic E-state index is 0. The number of aryl methyl sites for hydroxylation is 1. The maximum atomic E-state index is 14.2. The number of carbonyl (C=O) groups excluding carboxylic acids is 1. The van der Waals surface area contributed by atoms with E-state index in [1.807, 2.05) is 36.1 Å². The number of rotatable bonds is 2. The second-order valence-corrected chi connectivity index (χ2v) is 7.68. The zero-order chi connectivity index (χ0) is 18.5. The van der Waals surface area contributed by atoms with Gasteiger partial charge in [0.2, 0.25) is 0 Å². The molecule has 2 aliphatic heterocycles. The molecule has 0 spiro atoms. The van der Waals surface area contributed by atoms with Crippen LogP contribution < -0.4 is 5.32 Å². The van der Waals surface area contributed by atoms with Crippen molar-refractivity contribution in [2.24, 2.45) is 11.8 Å². The van der Waals surface area contributed by atoms with Gasteiger partial charge >= 0.3 is 0 Å². The monoisotopic (exact) mass is 399 g/mol. The number of H-pyrrole nitrogens is 1. The van der Waals surface area contributed by atoms with Gasteiger partial charge in [0.1, 0.15) is 11.5 Å². The summed E-state index contributed by atoms with van der Waals surface area (Å²) in [6.07, 6.45) is 0. The van der Waals surface area contributed by atoms with Crippen LogP contribution >= 0.6 is 12.4 Å². The Morgan fingerprint density at radius 2 is 1.89 bits per heavy atom. The Morgan fingerprint density at radius 3 is 2.64 bits per heavy atom. The van der Waals surface area contributed by atoms with Gasteiger partial charge in [-0.15, -0.1) is 12.4 Å². The van der Waals surface area contributed by atoms with E-state index in [9.17, 15) is 9.18 Å². The Morgan fingerprint density at radius 1 is 1.11 bits per heavy atom. The van der Waals surface area contributed by atoms with Crippen LogP contribution in [0.25, 0.3) is 10.9 Å². The fourth-order valence-corrected chi connectivity index (χ4v) is 4.88. The molecule has 2 aliphatic rings. The molecule has 0 radical (unpaired) electrons. The molecule has 5 rings (SSSR count). The summed E-state index contributed by atoms with van der Waals surface area (Å²) in [4.78, 5) is 18.6. The van der Waals surface area contributed by atoms with E-state index in [2.05, 4.69) is 22.4 Å². The van der Waals surface area contributed by atoms with E-state index in [0.29, 0.717) is 23.0 Å². The molecule has 1 amide bonds. The van der Waals surface area contributed by atoms with Gasteiger partial charge in [0.15, 0.2) is 0 Å². The van der Waals surface area contributed by atoms with Crippen molar-refractivity contribution in [1.29, 1.82) is 0 Å². The number of likely N-dealkylation sites (tertiary alicyclic amines) is 1. The predicted molar refractivity (Wildman–Crippen MR) is 110 cm³/mol. The number of carbonyl (C=O) groups is 1. The van der Waals surface area contributed by atoms with Crippen LogP contribution in [0.2, 0.25) is 0 Å². The van der Waals surface area contributed by atoms with Crippen LogP contribution in [0, 0.1) is 24.6 Å². The van der Waals surface area contributed by atoms with E-state index in [4.69, 9.17) is 0 Å². The van der Waals surface area contributed by atoms with Crippen molar-refractivity contribution in [3.63, 3.8) is 0 Å². The molecule has 6 heteroatoms. The first-order valence-corrected chi connectivity index (χ1v) is 9.48. The number of benzene rings is 2. The van der Waals surface area contributed by atoms with Crippen LogP contribution in [0.4, 0.5) is 4.39 Å². The molecule has 3 aromatic rings. The lowest BCUT2D eigenvalue weighted by Crippen LogP contribution is -2.35. The summed E-state index contributed by atoms with van der Waals surface area (Å²) in [5, 5.41) is 4.24. The zero-order valence-corrected chi connectivity index (χ0v) is 16.4. The van der Waals surface area contributed by atoms with Gasteiger partial charge < -0.3 is 15.2 Å². The Kier molecular flexibility index (Phi) is 4.89. The minimum Gasteiger partial charge on any atom is -0.348 e. The third kappa shape index (κ3) is 2.81. The molecule has 0 bridgehead atoms. The highest BCUT2D eigenvalue weighted by atomic mass is 35.5. The quantitative estimate of drug-likeness (QED) is 0.682. The third-order valence-electron chi connectivity index (χ3n) is 6.22. The summed E-state index contributed by atoms with van der Waals surface area (Å²) in [5.41, 5.74) is 2.90. The number of nitrogens with one attached hydrogen (secondary N) is 2. The lowest BCUT2D eigenvalue weighted by molar-refractivity contribution is 0.0708. The highest BCUT2D eigenvalue weighted by Gasteiger charge is 2.47. The number of halogens is 2. The molecule has 1 aromatic heterocycles. The average molecular weight is 400 g/mol. The van der Waals surface area contributed by atoms with Gasteiger partial charge in [-0.3, -0.25) is 4.79 Å². The van der Waals surface area contributed by atoms with Crippen molar-refractivity contribution >= 4 is 29.2 Å². The molecule has 3 atom stereocenters. The molecular weight excluding hydrogens is 377 g/mol. The number of para-hydroxylation sites is 1. The summed E-state index contributed by atoms with van der Waals surface area (Å²) in [5.74, 6) is 0.515. The minimum atomic E-state index is -0.322. The molecule has 3 heterocycles. The summed E-state index contributed by atoms with van der Waals surface area (Å²) >= 11 is 0. The maximum absolute atomic E-state index is 14.2. The molecule has 0 aliphatic carbocycles. The smallest absolute Gasteiger partial charge is 0.271 e. The fourth-order valence-electron chi connectivity index (χ4n) is 4.88. The van der Waals surface area contributed by atoms with Crippen molar-refractivity contribution in [2.75, 3.05) is 19.6 Å². The molecule has 28 heavy (non-hydrogen) atoms. The second kappa shape index (κ2) is 7.22. The lowest BCUT2D eigenvalue weighted by Gasteiger charge is -2.28. The van der Waals surface area contributed by atoms with Crippen LogP contribution in [-0.4, -0.2) is 35.4 Å².